The Labute approximate surface area is 191 Å². The summed E-state index contributed by atoms with van der Waals surface area (Å²) in [5.41, 5.74) is 1.85. The summed E-state index contributed by atoms with van der Waals surface area (Å²) < 4.78 is 52.7. The first kappa shape index (κ1) is 23.3. The molecule has 5 nitrogen and oxygen atoms in total. The largest absolute Gasteiger partial charge is 0.573 e. The number of carbonyl (C=O) groups is 1. The molecule has 33 heavy (non-hydrogen) atoms. The van der Waals surface area contributed by atoms with Gasteiger partial charge in [-0.05, 0) is 73.9 Å². The van der Waals surface area contributed by atoms with Crippen LogP contribution in [0.25, 0.3) is 0 Å². The molecule has 8 heteroatoms. The van der Waals surface area contributed by atoms with Gasteiger partial charge in [-0.1, -0.05) is 18.2 Å². The Bertz CT molecular complexity index is 955. The molecule has 2 atom stereocenters. The molecule has 2 aromatic carbocycles. The molecule has 2 fully saturated rings. The van der Waals surface area contributed by atoms with E-state index in [0.29, 0.717) is 25.1 Å². The number of halogens is 3. The van der Waals surface area contributed by atoms with Crippen molar-refractivity contribution in [1.82, 2.24) is 5.32 Å². The second-order valence-corrected chi connectivity index (χ2v) is 8.71. The minimum absolute atomic E-state index is 0.0437. The third-order valence-electron chi connectivity index (χ3n) is 6.36. The molecule has 178 valence electrons. The quantitative estimate of drug-likeness (QED) is 0.599. The molecule has 0 unspecified atom stereocenters. The van der Waals surface area contributed by atoms with Gasteiger partial charge in [0.1, 0.15) is 5.75 Å². The van der Waals surface area contributed by atoms with Gasteiger partial charge >= 0.3 is 6.36 Å². The van der Waals surface area contributed by atoms with Crippen LogP contribution in [-0.2, 0) is 11.2 Å². The number of hydrogen-bond donors (Lipinski definition) is 1. The summed E-state index contributed by atoms with van der Waals surface area (Å²) in [6.45, 7) is 0.531. The van der Waals surface area contributed by atoms with Crippen molar-refractivity contribution in [1.29, 1.82) is 0 Å². The molecule has 1 amide bonds. The number of amides is 1. The molecule has 2 aromatic rings. The number of hydrogen-bond acceptors (Lipinski definition) is 4. The lowest BCUT2D eigenvalue weighted by Crippen LogP contribution is -2.41. The van der Waals surface area contributed by atoms with Crippen LogP contribution in [0.2, 0.25) is 0 Å². The van der Waals surface area contributed by atoms with E-state index in [1.54, 1.807) is 19.2 Å². The van der Waals surface area contributed by atoms with Crippen LogP contribution in [0.3, 0.4) is 0 Å². The van der Waals surface area contributed by atoms with Crippen molar-refractivity contribution in [3.63, 3.8) is 0 Å². The van der Waals surface area contributed by atoms with Crippen molar-refractivity contribution in [2.75, 3.05) is 13.7 Å². The predicted molar refractivity (Wildman–Crippen MR) is 117 cm³/mol. The maximum Gasteiger partial charge on any atom is 0.573 e. The van der Waals surface area contributed by atoms with Crippen LogP contribution in [0.4, 0.5) is 13.2 Å². The van der Waals surface area contributed by atoms with Crippen molar-refractivity contribution < 1.29 is 32.2 Å². The Kier molecular flexibility index (Phi) is 7.00. The van der Waals surface area contributed by atoms with Crippen molar-refractivity contribution in [3.05, 3.63) is 53.6 Å². The first-order chi connectivity index (χ1) is 15.8. The van der Waals surface area contributed by atoms with Gasteiger partial charge < -0.3 is 19.5 Å². The Morgan fingerprint density at radius 2 is 1.76 bits per heavy atom. The minimum Gasteiger partial charge on any atom is -0.493 e. The van der Waals surface area contributed by atoms with Crippen LogP contribution in [-0.4, -0.2) is 32.0 Å². The Morgan fingerprint density at radius 3 is 2.42 bits per heavy atom. The highest BCUT2D eigenvalue weighted by atomic mass is 19.4. The molecule has 0 aromatic heterocycles. The van der Waals surface area contributed by atoms with Gasteiger partial charge in [-0.3, -0.25) is 4.79 Å². The molecule has 1 aliphatic carbocycles. The van der Waals surface area contributed by atoms with Crippen molar-refractivity contribution in [2.45, 2.75) is 56.9 Å². The van der Waals surface area contributed by atoms with E-state index in [4.69, 9.17) is 9.47 Å². The number of carbonyl (C=O) groups excluding carboxylic acids is 1. The lowest BCUT2D eigenvalue weighted by atomic mass is 9.82. The number of rotatable bonds is 7. The molecule has 0 radical (unpaired) electrons. The zero-order valence-corrected chi connectivity index (χ0v) is 18.5. The van der Waals surface area contributed by atoms with Crippen LogP contribution < -0.4 is 19.5 Å². The van der Waals surface area contributed by atoms with E-state index in [2.05, 4.69) is 10.1 Å². The second kappa shape index (κ2) is 9.93. The number of alkyl halides is 3. The minimum atomic E-state index is -4.73. The van der Waals surface area contributed by atoms with E-state index < -0.39 is 6.36 Å². The van der Waals surface area contributed by atoms with Crippen LogP contribution in [0, 0.1) is 5.92 Å². The fourth-order valence-electron chi connectivity index (χ4n) is 4.67. The Morgan fingerprint density at radius 1 is 1.03 bits per heavy atom. The summed E-state index contributed by atoms with van der Waals surface area (Å²) in [6.07, 6.45) is 0.994. The highest BCUT2D eigenvalue weighted by Gasteiger charge is 2.32. The maximum atomic E-state index is 12.5. The number of methoxy groups -OCH3 is 1. The van der Waals surface area contributed by atoms with Gasteiger partial charge in [0.05, 0.1) is 13.2 Å². The van der Waals surface area contributed by atoms with Crippen molar-refractivity contribution in [2.24, 2.45) is 5.92 Å². The average Bonchev–Trinajstić information content (AvgIpc) is 3.29. The molecule has 1 aliphatic heterocycles. The fourth-order valence-corrected chi connectivity index (χ4v) is 4.67. The second-order valence-electron chi connectivity index (χ2n) is 8.71. The van der Waals surface area contributed by atoms with E-state index >= 15 is 0 Å². The SMILES string of the molecule is COc1ccc([C@H]2CNC(=O)[C@@H](Cc3ccc(OC(F)(F)F)cc3)C2)cc1OC1CCCC1. The molecule has 4 rings (SSSR count). The van der Waals surface area contributed by atoms with Gasteiger partial charge in [0, 0.05) is 18.4 Å². The van der Waals surface area contributed by atoms with Crippen LogP contribution in [0.15, 0.2) is 42.5 Å². The summed E-state index contributed by atoms with van der Waals surface area (Å²) in [4.78, 5) is 12.5. The lowest BCUT2D eigenvalue weighted by Gasteiger charge is -2.30. The molecule has 1 saturated carbocycles. The third-order valence-corrected chi connectivity index (χ3v) is 6.36. The van der Waals surface area contributed by atoms with Crippen LogP contribution >= 0.6 is 0 Å². The van der Waals surface area contributed by atoms with Crippen LogP contribution in [0.1, 0.15) is 49.1 Å². The first-order valence-electron chi connectivity index (χ1n) is 11.3. The summed E-state index contributed by atoms with van der Waals surface area (Å²) >= 11 is 0. The highest BCUT2D eigenvalue weighted by Crippen LogP contribution is 2.37. The monoisotopic (exact) mass is 463 g/mol. The fraction of sp³-hybridized carbons (Fsp3) is 0.480. The zero-order chi connectivity index (χ0) is 23.4. The molecule has 1 saturated heterocycles. The Hall–Kier alpha value is -2.90. The number of nitrogens with one attached hydrogen (secondary N) is 1. The molecular formula is C25H28F3NO4. The van der Waals surface area contributed by atoms with Gasteiger partial charge in [-0.15, -0.1) is 13.2 Å². The van der Waals surface area contributed by atoms with Crippen LogP contribution in [0.5, 0.6) is 17.2 Å². The average molecular weight is 463 g/mol. The molecular weight excluding hydrogens is 435 g/mol. The first-order valence-corrected chi connectivity index (χ1v) is 11.3. The number of piperidine rings is 1. The molecule has 2 aliphatic rings. The smallest absolute Gasteiger partial charge is 0.493 e. The summed E-state index contributed by atoms with van der Waals surface area (Å²) in [6, 6.07) is 11.6. The van der Waals surface area contributed by atoms with E-state index in [9.17, 15) is 18.0 Å². The summed E-state index contributed by atoms with van der Waals surface area (Å²) in [5.74, 6) is 0.943. The van der Waals surface area contributed by atoms with Crippen molar-refractivity contribution >= 4 is 5.91 Å². The van der Waals surface area contributed by atoms with E-state index in [1.165, 1.54) is 25.0 Å². The summed E-state index contributed by atoms with van der Waals surface area (Å²) in [7, 11) is 1.62. The third kappa shape index (κ3) is 6.12. The van der Waals surface area contributed by atoms with Crippen molar-refractivity contribution in [3.8, 4) is 17.2 Å². The highest BCUT2D eigenvalue weighted by molar-refractivity contribution is 5.80. The molecule has 0 bridgehead atoms. The standard InChI is InChI=1S/C25H28F3NO4/c1-31-22-11-8-17(14-23(22)32-20-4-2-3-5-20)19-13-18(24(30)29-15-19)12-16-6-9-21(10-7-16)33-25(26,27)28/h6-11,14,18-20H,2-5,12-13,15H2,1H3,(H,29,30)/t18-,19+/m0/s1. The number of benzene rings is 2. The zero-order valence-electron chi connectivity index (χ0n) is 18.5. The van der Waals surface area contributed by atoms with Gasteiger partial charge in [-0.25, -0.2) is 0 Å². The Balaban J connectivity index is 1.44. The van der Waals surface area contributed by atoms with Gasteiger partial charge in [0.2, 0.25) is 5.91 Å². The summed E-state index contributed by atoms with van der Waals surface area (Å²) in [5, 5.41) is 2.98. The van der Waals surface area contributed by atoms with E-state index in [1.807, 2.05) is 18.2 Å². The van der Waals surface area contributed by atoms with Gasteiger partial charge in [0.25, 0.3) is 0 Å². The lowest BCUT2D eigenvalue weighted by molar-refractivity contribution is -0.274. The molecule has 0 spiro atoms. The topological polar surface area (TPSA) is 56.8 Å². The van der Waals surface area contributed by atoms with E-state index in [-0.39, 0.29) is 29.6 Å². The molecule has 1 N–H and O–H groups in total. The normalized spacial score (nSPS) is 21.5. The molecule has 1 heterocycles. The maximum absolute atomic E-state index is 12.5. The number of ether oxygens (including phenoxy) is 3. The predicted octanol–water partition coefficient (Wildman–Crippen LogP) is 5.38. The van der Waals surface area contributed by atoms with Gasteiger partial charge in [0.15, 0.2) is 11.5 Å². The van der Waals surface area contributed by atoms with E-state index in [0.717, 1.165) is 29.7 Å². The van der Waals surface area contributed by atoms with Gasteiger partial charge in [-0.2, -0.15) is 0 Å².